The van der Waals surface area contributed by atoms with Crippen molar-refractivity contribution in [1.29, 1.82) is 0 Å². The van der Waals surface area contributed by atoms with Gasteiger partial charge in [0.05, 0.1) is 16.0 Å². The molecule has 1 aromatic carbocycles. The van der Waals surface area contributed by atoms with Gasteiger partial charge in [0.2, 0.25) is 0 Å². The Labute approximate surface area is 166 Å². The van der Waals surface area contributed by atoms with Gasteiger partial charge in [-0.1, -0.05) is 0 Å². The molecule has 1 atom stereocenters. The van der Waals surface area contributed by atoms with Gasteiger partial charge in [0.15, 0.2) is 11.4 Å². The highest BCUT2D eigenvalue weighted by molar-refractivity contribution is 7.18. The molecule has 1 N–H and O–H groups in total. The van der Waals surface area contributed by atoms with Crippen molar-refractivity contribution < 1.29 is 5.11 Å². The Hall–Kier alpha value is -2.58. The second-order valence-corrected chi connectivity index (χ2v) is 8.83. The zero-order chi connectivity index (χ0) is 19.4. The van der Waals surface area contributed by atoms with E-state index in [1.807, 2.05) is 32.3 Å². The fourth-order valence-corrected chi connectivity index (χ4v) is 5.00. The Kier molecular flexibility index (Phi) is 4.06. The molecule has 1 saturated heterocycles. The maximum absolute atomic E-state index is 10.8. The summed E-state index contributed by atoms with van der Waals surface area (Å²) in [5, 5.41) is 20.7. The summed E-state index contributed by atoms with van der Waals surface area (Å²) in [7, 11) is 2.15. The van der Waals surface area contributed by atoms with Crippen LogP contribution in [0.25, 0.3) is 32.6 Å². The minimum atomic E-state index is 0.159. The lowest BCUT2D eigenvalue weighted by Crippen LogP contribution is -2.33. The van der Waals surface area contributed by atoms with Gasteiger partial charge in [-0.2, -0.15) is 0 Å². The standard InChI is InChI=1S/C20H22N6OS/c1-11-16(14-6-7-15-18(19(14)27)22-12(2)28-15)23-24-20-17(11)21-10-26(20)13-5-4-8-25(3)9-13/h6-7,10,13,27H,4-5,8-9H2,1-3H3/t13-/m1/s1. The number of nitrogens with zero attached hydrogens (tertiary/aromatic N) is 6. The van der Waals surface area contributed by atoms with Gasteiger partial charge in [-0.05, 0) is 52.4 Å². The lowest BCUT2D eigenvalue weighted by molar-refractivity contribution is 0.214. The summed E-state index contributed by atoms with van der Waals surface area (Å²) < 4.78 is 3.12. The van der Waals surface area contributed by atoms with Crippen molar-refractivity contribution in [2.45, 2.75) is 32.7 Å². The quantitative estimate of drug-likeness (QED) is 0.558. The van der Waals surface area contributed by atoms with E-state index in [1.54, 1.807) is 11.3 Å². The van der Waals surface area contributed by atoms with Crippen LogP contribution in [0.5, 0.6) is 5.75 Å². The number of thiazole rings is 1. The van der Waals surface area contributed by atoms with Gasteiger partial charge in [0, 0.05) is 23.7 Å². The van der Waals surface area contributed by atoms with Crippen LogP contribution >= 0.6 is 11.3 Å². The molecule has 28 heavy (non-hydrogen) atoms. The molecule has 1 aliphatic heterocycles. The summed E-state index contributed by atoms with van der Waals surface area (Å²) >= 11 is 1.57. The Balaban J connectivity index is 1.62. The summed E-state index contributed by atoms with van der Waals surface area (Å²) in [5.41, 5.74) is 4.51. The molecule has 0 spiro atoms. The van der Waals surface area contributed by atoms with E-state index in [9.17, 15) is 5.11 Å². The van der Waals surface area contributed by atoms with Crippen LogP contribution in [0.3, 0.4) is 0 Å². The Morgan fingerprint density at radius 2 is 2.04 bits per heavy atom. The van der Waals surface area contributed by atoms with Crippen LogP contribution in [0.2, 0.25) is 0 Å². The molecule has 7 nitrogen and oxygen atoms in total. The molecule has 8 heteroatoms. The highest BCUT2D eigenvalue weighted by atomic mass is 32.1. The van der Waals surface area contributed by atoms with Crippen molar-refractivity contribution in [3.05, 3.63) is 29.0 Å². The zero-order valence-corrected chi connectivity index (χ0v) is 17.0. The predicted octanol–water partition coefficient (Wildman–Crippen LogP) is 3.69. The molecule has 1 fully saturated rings. The fourth-order valence-electron chi connectivity index (χ4n) is 4.17. The Bertz CT molecular complexity index is 1200. The van der Waals surface area contributed by atoms with Crippen molar-refractivity contribution in [3.8, 4) is 17.0 Å². The van der Waals surface area contributed by atoms with Crippen LogP contribution in [-0.4, -0.2) is 54.9 Å². The van der Waals surface area contributed by atoms with Gasteiger partial charge in [0.1, 0.15) is 16.7 Å². The molecule has 0 bridgehead atoms. The number of piperidine rings is 1. The number of hydrogen-bond acceptors (Lipinski definition) is 7. The number of aromatic nitrogens is 5. The van der Waals surface area contributed by atoms with Gasteiger partial charge in [0.25, 0.3) is 0 Å². The first kappa shape index (κ1) is 17.5. The lowest BCUT2D eigenvalue weighted by Gasteiger charge is -2.30. The Morgan fingerprint density at radius 1 is 1.18 bits per heavy atom. The molecule has 5 rings (SSSR count). The molecule has 4 heterocycles. The number of likely N-dealkylation sites (N-methyl/N-ethyl adjacent to an activating group) is 1. The second kappa shape index (κ2) is 6.49. The molecular formula is C20H22N6OS. The van der Waals surface area contributed by atoms with Crippen LogP contribution in [0, 0.1) is 13.8 Å². The average molecular weight is 395 g/mol. The van der Waals surface area contributed by atoms with Crippen molar-refractivity contribution in [1.82, 2.24) is 29.6 Å². The largest absolute Gasteiger partial charge is 0.505 e. The van der Waals surface area contributed by atoms with Crippen LogP contribution < -0.4 is 0 Å². The van der Waals surface area contributed by atoms with Crippen LogP contribution in [0.4, 0.5) is 0 Å². The van der Waals surface area contributed by atoms with E-state index >= 15 is 0 Å². The van der Waals surface area contributed by atoms with Crippen LogP contribution in [-0.2, 0) is 0 Å². The summed E-state index contributed by atoms with van der Waals surface area (Å²) in [4.78, 5) is 11.5. The third-order valence-corrected chi connectivity index (χ3v) is 6.55. The van der Waals surface area contributed by atoms with Gasteiger partial charge >= 0.3 is 0 Å². The first-order valence-electron chi connectivity index (χ1n) is 9.50. The van der Waals surface area contributed by atoms with Crippen molar-refractivity contribution >= 4 is 32.7 Å². The van der Waals surface area contributed by atoms with Gasteiger partial charge in [-0.25, -0.2) is 9.97 Å². The molecule has 4 aromatic rings. The number of fused-ring (bicyclic) bond motifs is 2. The summed E-state index contributed by atoms with van der Waals surface area (Å²) in [5.74, 6) is 0.159. The summed E-state index contributed by atoms with van der Waals surface area (Å²) in [6.07, 6.45) is 4.18. The smallest absolute Gasteiger partial charge is 0.183 e. The van der Waals surface area contributed by atoms with Gasteiger partial charge in [-0.3, -0.25) is 0 Å². The molecule has 144 valence electrons. The minimum Gasteiger partial charge on any atom is -0.505 e. The molecule has 0 aliphatic carbocycles. The van der Waals surface area contributed by atoms with Gasteiger partial charge < -0.3 is 14.6 Å². The molecule has 3 aromatic heterocycles. The number of aryl methyl sites for hydroxylation is 2. The monoisotopic (exact) mass is 394 g/mol. The first-order valence-corrected chi connectivity index (χ1v) is 10.3. The zero-order valence-electron chi connectivity index (χ0n) is 16.2. The number of imidazole rings is 1. The molecular weight excluding hydrogens is 372 g/mol. The number of phenolic OH excluding ortho intramolecular Hbond substituents is 1. The van der Waals surface area contributed by atoms with E-state index in [2.05, 4.69) is 36.7 Å². The van der Waals surface area contributed by atoms with E-state index in [1.165, 1.54) is 6.42 Å². The number of phenols is 1. The second-order valence-electron chi connectivity index (χ2n) is 7.60. The highest BCUT2D eigenvalue weighted by Crippen LogP contribution is 2.39. The normalized spacial score (nSPS) is 18.3. The third kappa shape index (κ3) is 2.67. The molecule has 0 radical (unpaired) electrons. The van der Waals surface area contributed by atoms with E-state index < -0.39 is 0 Å². The SMILES string of the molecule is Cc1nc2c(O)c(-c3nnc4c(ncn4[C@@H]4CCCN(C)C4)c3C)ccc2s1. The number of likely N-dealkylation sites (tertiary alicyclic amines) is 1. The summed E-state index contributed by atoms with van der Waals surface area (Å²) in [6, 6.07) is 4.24. The predicted molar refractivity (Wildman–Crippen MR) is 111 cm³/mol. The van der Waals surface area contributed by atoms with E-state index in [4.69, 9.17) is 0 Å². The van der Waals surface area contributed by atoms with Crippen LogP contribution in [0.15, 0.2) is 18.5 Å². The van der Waals surface area contributed by atoms with Crippen molar-refractivity contribution in [3.63, 3.8) is 0 Å². The third-order valence-electron chi connectivity index (χ3n) is 5.61. The Morgan fingerprint density at radius 3 is 2.86 bits per heavy atom. The topological polar surface area (TPSA) is 80.0 Å². The van der Waals surface area contributed by atoms with E-state index in [0.29, 0.717) is 22.8 Å². The molecule has 0 unspecified atom stereocenters. The van der Waals surface area contributed by atoms with E-state index in [-0.39, 0.29) is 5.75 Å². The number of aromatic hydroxyl groups is 1. The number of rotatable bonds is 2. The lowest BCUT2D eigenvalue weighted by atomic mass is 10.0. The highest BCUT2D eigenvalue weighted by Gasteiger charge is 2.23. The summed E-state index contributed by atoms with van der Waals surface area (Å²) in [6.45, 7) is 6.06. The fraction of sp³-hybridized carbons (Fsp3) is 0.400. The first-order chi connectivity index (χ1) is 13.5. The van der Waals surface area contributed by atoms with Crippen LogP contribution in [0.1, 0.15) is 29.5 Å². The average Bonchev–Trinajstić information content (AvgIpc) is 3.27. The minimum absolute atomic E-state index is 0.159. The molecule has 0 saturated carbocycles. The number of hydrogen-bond donors (Lipinski definition) is 1. The van der Waals surface area contributed by atoms with E-state index in [0.717, 1.165) is 45.9 Å². The van der Waals surface area contributed by atoms with Crippen molar-refractivity contribution in [2.24, 2.45) is 0 Å². The maximum Gasteiger partial charge on any atom is 0.183 e. The maximum atomic E-state index is 10.8. The molecule has 0 amide bonds. The molecule has 1 aliphatic rings. The number of benzene rings is 1. The van der Waals surface area contributed by atoms with Gasteiger partial charge in [-0.15, -0.1) is 21.5 Å². The van der Waals surface area contributed by atoms with Crippen molar-refractivity contribution in [2.75, 3.05) is 20.1 Å².